The summed E-state index contributed by atoms with van der Waals surface area (Å²) in [5.74, 6) is -0.973. The minimum Gasteiger partial charge on any atom is -0.481 e. The Morgan fingerprint density at radius 2 is 1.86 bits per heavy atom. The SMILES string of the molecule is CCc1ccc(-c2ccc(CC(=O)O)c(=O)n2C2CC2)cc1. The molecule has 0 radical (unpaired) electrons. The number of hydrogen-bond donors (Lipinski definition) is 1. The first-order valence-electron chi connectivity index (χ1n) is 7.65. The van der Waals surface area contributed by atoms with E-state index in [0.29, 0.717) is 5.56 Å². The third-order valence-electron chi connectivity index (χ3n) is 4.11. The van der Waals surface area contributed by atoms with E-state index in [1.807, 2.05) is 18.2 Å². The van der Waals surface area contributed by atoms with E-state index in [9.17, 15) is 9.59 Å². The molecule has 1 aliphatic carbocycles. The van der Waals surface area contributed by atoms with E-state index in [1.165, 1.54) is 5.56 Å². The quantitative estimate of drug-likeness (QED) is 0.922. The average Bonchev–Trinajstić information content (AvgIpc) is 3.33. The van der Waals surface area contributed by atoms with Gasteiger partial charge in [-0.05, 0) is 36.5 Å². The second-order valence-electron chi connectivity index (χ2n) is 5.77. The van der Waals surface area contributed by atoms with Crippen LogP contribution in [0.5, 0.6) is 0 Å². The molecule has 1 N–H and O–H groups in total. The molecule has 1 fully saturated rings. The lowest BCUT2D eigenvalue weighted by atomic mass is 10.1. The molecule has 4 nitrogen and oxygen atoms in total. The number of rotatable bonds is 5. The molecule has 0 unspecified atom stereocenters. The van der Waals surface area contributed by atoms with Crippen LogP contribution in [0.25, 0.3) is 11.3 Å². The molecule has 0 saturated heterocycles. The number of carboxylic acid groups (broad SMARTS) is 1. The number of aromatic nitrogens is 1. The van der Waals surface area contributed by atoms with Gasteiger partial charge in [0.15, 0.2) is 0 Å². The Hall–Kier alpha value is -2.36. The van der Waals surface area contributed by atoms with Crippen LogP contribution in [0.3, 0.4) is 0 Å². The summed E-state index contributed by atoms with van der Waals surface area (Å²) in [4.78, 5) is 23.5. The van der Waals surface area contributed by atoms with E-state index >= 15 is 0 Å². The van der Waals surface area contributed by atoms with Gasteiger partial charge in [-0.2, -0.15) is 0 Å². The molecule has 1 aromatic heterocycles. The maximum absolute atomic E-state index is 12.6. The molecule has 114 valence electrons. The second kappa shape index (κ2) is 5.79. The summed E-state index contributed by atoms with van der Waals surface area (Å²) in [5, 5.41) is 8.93. The highest BCUT2D eigenvalue weighted by molar-refractivity contribution is 5.70. The molecule has 22 heavy (non-hydrogen) atoms. The van der Waals surface area contributed by atoms with E-state index in [4.69, 9.17) is 5.11 Å². The van der Waals surface area contributed by atoms with Crippen molar-refractivity contribution < 1.29 is 9.90 Å². The maximum Gasteiger partial charge on any atom is 0.308 e. The van der Waals surface area contributed by atoms with Crippen LogP contribution in [0.15, 0.2) is 41.2 Å². The van der Waals surface area contributed by atoms with Crippen LogP contribution >= 0.6 is 0 Å². The number of benzene rings is 1. The molecule has 0 aliphatic heterocycles. The van der Waals surface area contributed by atoms with Crippen molar-refractivity contribution in [1.29, 1.82) is 0 Å². The number of aryl methyl sites for hydroxylation is 1. The number of hydrogen-bond acceptors (Lipinski definition) is 2. The predicted molar refractivity (Wildman–Crippen MR) is 85.1 cm³/mol. The van der Waals surface area contributed by atoms with Crippen molar-refractivity contribution in [3.8, 4) is 11.3 Å². The number of pyridine rings is 1. The molecule has 0 atom stereocenters. The molecule has 0 bridgehead atoms. The van der Waals surface area contributed by atoms with Crippen LogP contribution in [0, 0.1) is 0 Å². The Morgan fingerprint density at radius 3 is 2.41 bits per heavy atom. The van der Waals surface area contributed by atoms with Gasteiger partial charge in [-0.3, -0.25) is 9.59 Å². The third-order valence-corrected chi connectivity index (χ3v) is 4.11. The van der Waals surface area contributed by atoms with E-state index in [2.05, 4.69) is 19.1 Å². The Labute approximate surface area is 129 Å². The minimum absolute atomic E-state index is 0.165. The Morgan fingerprint density at radius 1 is 1.18 bits per heavy atom. The Kier molecular flexibility index (Phi) is 3.84. The molecule has 0 spiro atoms. The van der Waals surface area contributed by atoms with Gasteiger partial charge in [-0.15, -0.1) is 0 Å². The van der Waals surface area contributed by atoms with Gasteiger partial charge < -0.3 is 9.67 Å². The number of carbonyl (C=O) groups is 1. The molecular weight excluding hydrogens is 278 g/mol. The van der Waals surface area contributed by atoms with Crippen molar-refractivity contribution in [3.63, 3.8) is 0 Å². The van der Waals surface area contributed by atoms with Crippen molar-refractivity contribution >= 4 is 5.97 Å². The summed E-state index contributed by atoms with van der Waals surface area (Å²) in [5.41, 5.74) is 3.33. The van der Waals surface area contributed by atoms with Crippen LogP contribution in [-0.2, 0) is 17.6 Å². The van der Waals surface area contributed by atoms with Crippen molar-refractivity contribution in [3.05, 3.63) is 57.9 Å². The lowest BCUT2D eigenvalue weighted by Gasteiger charge is -2.14. The minimum atomic E-state index is -0.973. The fraction of sp³-hybridized carbons (Fsp3) is 0.333. The monoisotopic (exact) mass is 297 g/mol. The topological polar surface area (TPSA) is 59.3 Å². The van der Waals surface area contributed by atoms with Crippen molar-refractivity contribution in [2.24, 2.45) is 0 Å². The van der Waals surface area contributed by atoms with Crippen LogP contribution in [0.1, 0.15) is 36.9 Å². The van der Waals surface area contributed by atoms with Crippen molar-refractivity contribution in [1.82, 2.24) is 4.57 Å². The summed E-state index contributed by atoms with van der Waals surface area (Å²) in [7, 11) is 0. The first-order chi connectivity index (χ1) is 10.6. The van der Waals surface area contributed by atoms with Gasteiger partial charge in [-0.1, -0.05) is 37.3 Å². The molecule has 1 aromatic carbocycles. The highest BCUT2D eigenvalue weighted by Gasteiger charge is 2.28. The average molecular weight is 297 g/mol. The van der Waals surface area contributed by atoms with Gasteiger partial charge in [0.25, 0.3) is 5.56 Å². The standard InChI is InChI=1S/C18H19NO3/c1-2-12-3-5-13(6-4-12)16-10-7-14(11-17(20)21)18(22)19(16)15-8-9-15/h3-7,10,15H,2,8-9,11H2,1H3,(H,20,21). The van der Waals surface area contributed by atoms with Gasteiger partial charge in [0.1, 0.15) is 0 Å². The van der Waals surface area contributed by atoms with E-state index in [0.717, 1.165) is 30.5 Å². The van der Waals surface area contributed by atoms with Crippen LogP contribution in [-0.4, -0.2) is 15.6 Å². The summed E-state index contributed by atoms with van der Waals surface area (Å²) in [6, 6.07) is 11.9. The van der Waals surface area contributed by atoms with Gasteiger partial charge in [0.2, 0.25) is 0 Å². The largest absolute Gasteiger partial charge is 0.481 e. The normalized spacial score (nSPS) is 14.0. The molecule has 2 aromatic rings. The lowest BCUT2D eigenvalue weighted by molar-refractivity contribution is -0.136. The molecule has 3 rings (SSSR count). The van der Waals surface area contributed by atoms with Gasteiger partial charge in [0, 0.05) is 11.6 Å². The van der Waals surface area contributed by atoms with Gasteiger partial charge in [-0.25, -0.2) is 0 Å². The zero-order valence-corrected chi connectivity index (χ0v) is 12.6. The van der Waals surface area contributed by atoms with Crippen LogP contribution in [0.4, 0.5) is 0 Å². The van der Waals surface area contributed by atoms with Gasteiger partial charge in [0.05, 0.1) is 12.1 Å². The Bertz CT molecular complexity index is 755. The van der Waals surface area contributed by atoms with E-state index < -0.39 is 5.97 Å². The fourth-order valence-electron chi connectivity index (χ4n) is 2.73. The molecule has 1 saturated carbocycles. The zero-order chi connectivity index (χ0) is 15.7. The Balaban J connectivity index is 2.08. The predicted octanol–water partition coefficient (Wildman–Crippen LogP) is 3.04. The highest BCUT2D eigenvalue weighted by Crippen LogP contribution is 2.37. The molecule has 1 aliphatic rings. The zero-order valence-electron chi connectivity index (χ0n) is 12.6. The lowest BCUT2D eigenvalue weighted by Crippen LogP contribution is -2.25. The number of nitrogens with zero attached hydrogens (tertiary/aromatic N) is 1. The van der Waals surface area contributed by atoms with Crippen molar-refractivity contribution in [2.75, 3.05) is 0 Å². The fourth-order valence-corrected chi connectivity index (χ4v) is 2.73. The summed E-state index contributed by atoms with van der Waals surface area (Å²) in [6.07, 6.45) is 2.72. The molecule has 4 heteroatoms. The summed E-state index contributed by atoms with van der Waals surface area (Å²) < 4.78 is 1.78. The smallest absolute Gasteiger partial charge is 0.308 e. The highest BCUT2D eigenvalue weighted by atomic mass is 16.4. The summed E-state index contributed by atoms with van der Waals surface area (Å²) >= 11 is 0. The molecular formula is C18H19NO3. The van der Waals surface area contributed by atoms with Gasteiger partial charge >= 0.3 is 5.97 Å². The van der Waals surface area contributed by atoms with Crippen LogP contribution in [0.2, 0.25) is 0 Å². The maximum atomic E-state index is 12.6. The summed E-state index contributed by atoms with van der Waals surface area (Å²) in [6.45, 7) is 2.11. The first kappa shape index (κ1) is 14.6. The molecule has 0 amide bonds. The number of carboxylic acids is 1. The van der Waals surface area contributed by atoms with E-state index in [1.54, 1.807) is 10.6 Å². The number of aliphatic carboxylic acids is 1. The van der Waals surface area contributed by atoms with Crippen molar-refractivity contribution in [2.45, 2.75) is 38.6 Å². The van der Waals surface area contributed by atoms with Crippen LogP contribution < -0.4 is 5.56 Å². The molecule has 1 heterocycles. The first-order valence-corrected chi connectivity index (χ1v) is 7.65. The second-order valence-corrected chi connectivity index (χ2v) is 5.77. The third kappa shape index (κ3) is 2.82. The van der Waals surface area contributed by atoms with E-state index in [-0.39, 0.29) is 18.0 Å².